The second-order valence-electron chi connectivity index (χ2n) is 9.83. The number of carbonyl (C=O) groups is 2. The highest BCUT2D eigenvalue weighted by Gasteiger charge is 2.33. The molecule has 3 rings (SSSR count). The maximum Gasteiger partial charge on any atom is 0.243 e. The van der Waals surface area contributed by atoms with Gasteiger partial charge in [0.1, 0.15) is 6.04 Å². The highest BCUT2D eigenvalue weighted by Crippen LogP contribution is 2.27. The van der Waals surface area contributed by atoms with Crippen LogP contribution in [0.3, 0.4) is 0 Å². The molecule has 0 fully saturated rings. The lowest BCUT2D eigenvalue weighted by atomic mass is 9.99. The molecule has 0 bridgehead atoms. The van der Waals surface area contributed by atoms with E-state index >= 15 is 0 Å². The Labute approximate surface area is 218 Å². The van der Waals surface area contributed by atoms with Crippen LogP contribution in [-0.4, -0.2) is 28.3 Å². The van der Waals surface area contributed by atoms with Crippen molar-refractivity contribution in [1.82, 2.24) is 10.2 Å². The molecule has 1 atom stereocenters. The Morgan fingerprint density at radius 1 is 0.857 bits per heavy atom. The predicted octanol–water partition coefficient (Wildman–Crippen LogP) is 6.40. The van der Waals surface area contributed by atoms with Crippen LogP contribution in [0.5, 0.6) is 0 Å². The molecule has 0 saturated heterocycles. The van der Waals surface area contributed by atoms with Crippen LogP contribution in [0.1, 0.15) is 43.0 Å². The molecule has 0 aliphatic carbocycles. The number of hydrogen-bond donors (Lipinski definition) is 1. The van der Waals surface area contributed by atoms with E-state index in [0.29, 0.717) is 22.0 Å². The van der Waals surface area contributed by atoms with Gasteiger partial charge in [-0.25, -0.2) is 0 Å². The van der Waals surface area contributed by atoms with Crippen molar-refractivity contribution >= 4 is 35.0 Å². The molecule has 35 heavy (non-hydrogen) atoms. The maximum absolute atomic E-state index is 13.8. The zero-order valence-corrected chi connectivity index (χ0v) is 22.2. The van der Waals surface area contributed by atoms with Crippen molar-refractivity contribution in [3.63, 3.8) is 0 Å². The SMILES string of the molecule is Cc1ccc(CC(=O)N(Cc2c(Cl)cccc2Cl)C(Cc2ccccc2)C(=O)NC(C)(C)C)cc1. The molecule has 4 nitrogen and oxygen atoms in total. The summed E-state index contributed by atoms with van der Waals surface area (Å²) < 4.78 is 0. The molecule has 0 aliphatic heterocycles. The fourth-order valence-corrected chi connectivity index (χ4v) is 4.36. The summed E-state index contributed by atoms with van der Waals surface area (Å²) in [5, 5.41) is 3.98. The lowest BCUT2D eigenvalue weighted by molar-refractivity contribution is -0.141. The van der Waals surface area contributed by atoms with Crippen LogP contribution < -0.4 is 5.32 Å². The quantitative estimate of drug-likeness (QED) is 0.381. The fraction of sp³-hybridized carbons (Fsp3) is 0.310. The van der Waals surface area contributed by atoms with Crippen LogP contribution in [0.4, 0.5) is 0 Å². The van der Waals surface area contributed by atoms with Gasteiger partial charge in [-0.15, -0.1) is 0 Å². The lowest BCUT2D eigenvalue weighted by Crippen LogP contribution is -2.54. The highest BCUT2D eigenvalue weighted by molar-refractivity contribution is 6.36. The number of carbonyl (C=O) groups excluding carboxylic acids is 2. The van der Waals surface area contributed by atoms with Gasteiger partial charge in [-0.2, -0.15) is 0 Å². The number of benzene rings is 3. The van der Waals surface area contributed by atoms with Crippen molar-refractivity contribution in [2.75, 3.05) is 0 Å². The van der Waals surface area contributed by atoms with E-state index in [2.05, 4.69) is 5.32 Å². The van der Waals surface area contributed by atoms with E-state index in [0.717, 1.165) is 16.7 Å². The smallest absolute Gasteiger partial charge is 0.243 e. The van der Waals surface area contributed by atoms with Gasteiger partial charge >= 0.3 is 0 Å². The van der Waals surface area contributed by atoms with E-state index in [4.69, 9.17) is 23.2 Å². The summed E-state index contributed by atoms with van der Waals surface area (Å²) in [6.45, 7) is 7.90. The zero-order valence-electron chi connectivity index (χ0n) is 20.6. The Morgan fingerprint density at radius 2 is 1.46 bits per heavy atom. The average molecular weight is 511 g/mol. The first-order valence-electron chi connectivity index (χ1n) is 11.7. The molecule has 184 valence electrons. The van der Waals surface area contributed by atoms with E-state index < -0.39 is 11.6 Å². The molecule has 0 heterocycles. The summed E-state index contributed by atoms with van der Waals surface area (Å²) in [6.07, 6.45) is 0.529. The predicted molar refractivity (Wildman–Crippen MR) is 144 cm³/mol. The fourth-order valence-electron chi connectivity index (χ4n) is 3.84. The van der Waals surface area contributed by atoms with E-state index in [1.807, 2.05) is 82.3 Å². The number of nitrogens with one attached hydrogen (secondary N) is 1. The number of aryl methyl sites for hydroxylation is 1. The van der Waals surface area contributed by atoms with Crippen molar-refractivity contribution < 1.29 is 9.59 Å². The molecule has 3 aromatic carbocycles. The second-order valence-corrected chi connectivity index (χ2v) is 10.6. The summed E-state index contributed by atoms with van der Waals surface area (Å²) in [7, 11) is 0. The van der Waals surface area contributed by atoms with Gasteiger partial charge in [0.2, 0.25) is 11.8 Å². The Hall–Kier alpha value is -2.82. The van der Waals surface area contributed by atoms with Crippen LogP contribution in [0.15, 0.2) is 72.8 Å². The van der Waals surface area contributed by atoms with E-state index in [1.165, 1.54) is 0 Å². The van der Waals surface area contributed by atoms with Crippen molar-refractivity contribution in [1.29, 1.82) is 0 Å². The van der Waals surface area contributed by atoms with E-state index in [9.17, 15) is 9.59 Å². The van der Waals surface area contributed by atoms with Crippen LogP contribution in [0.2, 0.25) is 10.0 Å². The topological polar surface area (TPSA) is 49.4 Å². The van der Waals surface area contributed by atoms with Gasteiger partial charge in [0.05, 0.1) is 6.42 Å². The van der Waals surface area contributed by atoms with Gasteiger partial charge in [0.15, 0.2) is 0 Å². The molecule has 0 saturated carbocycles. The van der Waals surface area contributed by atoms with Crippen LogP contribution >= 0.6 is 23.2 Å². The summed E-state index contributed by atoms with van der Waals surface area (Å²) in [4.78, 5) is 29.0. The van der Waals surface area contributed by atoms with Crippen LogP contribution in [0, 0.1) is 6.92 Å². The molecule has 1 unspecified atom stereocenters. The molecule has 0 spiro atoms. The highest BCUT2D eigenvalue weighted by atomic mass is 35.5. The van der Waals surface area contributed by atoms with Gasteiger partial charge in [-0.05, 0) is 51.0 Å². The third-order valence-electron chi connectivity index (χ3n) is 5.64. The Balaban J connectivity index is 2.03. The van der Waals surface area contributed by atoms with Crippen LogP contribution in [0.25, 0.3) is 0 Å². The minimum absolute atomic E-state index is 0.123. The van der Waals surface area contributed by atoms with Gasteiger partial charge < -0.3 is 10.2 Å². The average Bonchev–Trinajstić information content (AvgIpc) is 2.79. The minimum atomic E-state index is -0.748. The second kappa shape index (κ2) is 11.7. The van der Waals surface area contributed by atoms with Gasteiger partial charge in [0, 0.05) is 34.1 Å². The normalized spacial score (nSPS) is 12.2. The van der Waals surface area contributed by atoms with Gasteiger partial charge in [-0.1, -0.05) is 89.4 Å². The molecule has 3 aromatic rings. The molecular weight excluding hydrogens is 479 g/mol. The third-order valence-corrected chi connectivity index (χ3v) is 6.34. The standard InChI is InChI=1S/C29H32Cl2N2O2/c1-20-13-15-22(16-14-20)18-27(34)33(19-23-24(30)11-8-12-25(23)31)26(28(35)32-29(2,3)4)17-21-9-6-5-7-10-21/h5-16,26H,17-19H2,1-4H3,(H,32,35). The zero-order chi connectivity index (χ0) is 25.6. The maximum atomic E-state index is 13.8. The first-order valence-corrected chi connectivity index (χ1v) is 12.4. The lowest BCUT2D eigenvalue weighted by Gasteiger charge is -2.34. The number of rotatable bonds is 8. The molecule has 0 aromatic heterocycles. The number of halogens is 2. The number of hydrogen-bond acceptors (Lipinski definition) is 2. The summed E-state index contributed by atoms with van der Waals surface area (Å²) in [6, 6.07) is 22.0. The molecule has 0 aliphatic rings. The Bertz CT molecular complexity index is 1140. The molecule has 2 amide bonds. The van der Waals surface area contributed by atoms with Crippen LogP contribution in [-0.2, 0) is 29.0 Å². The van der Waals surface area contributed by atoms with Crippen molar-refractivity contribution in [2.45, 2.75) is 58.7 Å². The van der Waals surface area contributed by atoms with Gasteiger partial charge in [0.25, 0.3) is 0 Å². The monoisotopic (exact) mass is 510 g/mol. The minimum Gasteiger partial charge on any atom is -0.350 e. The number of nitrogens with zero attached hydrogens (tertiary/aromatic N) is 1. The Morgan fingerprint density at radius 3 is 2.03 bits per heavy atom. The largest absolute Gasteiger partial charge is 0.350 e. The van der Waals surface area contributed by atoms with Crippen molar-refractivity contribution in [2.24, 2.45) is 0 Å². The van der Waals surface area contributed by atoms with Crippen molar-refractivity contribution in [3.8, 4) is 0 Å². The van der Waals surface area contributed by atoms with E-state index in [-0.39, 0.29) is 24.8 Å². The first kappa shape index (κ1) is 26.8. The van der Waals surface area contributed by atoms with Gasteiger partial charge in [-0.3, -0.25) is 9.59 Å². The molecule has 6 heteroatoms. The first-order chi connectivity index (χ1) is 16.5. The molecule has 1 N–H and O–H groups in total. The Kier molecular flexibility index (Phi) is 8.98. The third kappa shape index (κ3) is 7.84. The molecule has 0 radical (unpaired) electrons. The molecular formula is C29H32Cl2N2O2. The summed E-state index contributed by atoms with van der Waals surface area (Å²) in [5.41, 5.74) is 3.12. The van der Waals surface area contributed by atoms with E-state index in [1.54, 1.807) is 23.1 Å². The summed E-state index contributed by atoms with van der Waals surface area (Å²) >= 11 is 13.0. The van der Waals surface area contributed by atoms with Crippen molar-refractivity contribution in [3.05, 3.63) is 105 Å². The summed E-state index contributed by atoms with van der Waals surface area (Å²) in [5.74, 6) is -0.392. The number of amides is 2.